The molecule has 1 aliphatic rings. The van der Waals surface area contributed by atoms with Crippen molar-refractivity contribution in [2.45, 2.75) is 44.6 Å². The Balaban J connectivity index is 1.62. The van der Waals surface area contributed by atoms with Gasteiger partial charge in [0.1, 0.15) is 36.4 Å². The minimum absolute atomic E-state index is 0.0755. The number of rotatable bonds is 9. The van der Waals surface area contributed by atoms with Crippen LogP contribution in [0.4, 0.5) is 0 Å². The van der Waals surface area contributed by atoms with E-state index in [0.29, 0.717) is 19.0 Å². The molecule has 0 saturated carbocycles. The maximum atomic E-state index is 10.8. The highest BCUT2D eigenvalue weighted by Crippen LogP contribution is 2.27. The molecule has 1 aliphatic heterocycles. The highest BCUT2D eigenvalue weighted by atomic mass is 16.7. The van der Waals surface area contributed by atoms with Crippen LogP contribution in [0.25, 0.3) is 0 Å². The van der Waals surface area contributed by atoms with Gasteiger partial charge in [0.15, 0.2) is 5.79 Å². The van der Waals surface area contributed by atoms with Gasteiger partial charge in [0.05, 0.1) is 20.3 Å². The van der Waals surface area contributed by atoms with E-state index >= 15 is 0 Å². The molecule has 1 saturated heterocycles. The number of aliphatic hydroxyl groups excluding tert-OH is 1. The van der Waals surface area contributed by atoms with Crippen molar-refractivity contribution in [1.29, 1.82) is 0 Å². The van der Waals surface area contributed by atoms with Gasteiger partial charge in [0.25, 0.3) is 0 Å². The molecule has 0 spiro atoms. The number of ether oxygens (including phenoxy) is 5. The first-order valence-corrected chi connectivity index (χ1v) is 9.39. The largest absolute Gasteiger partial charge is 0.497 e. The first kappa shape index (κ1) is 20.6. The molecule has 3 atom stereocenters. The van der Waals surface area contributed by atoms with E-state index in [1.807, 2.05) is 56.3 Å². The second-order valence-corrected chi connectivity index (χ2v) is 7.18. The highest BCUT2D eigenvalue weighted by Gasteiger charge is 2.41. The predicted octanol–water partition coefficient (Wildman–Crippen LogP) is 3.17. The van der Waals surface area contributed by atoms with Crippen LogP contribution in [0, 0.1) is 0 Å². The molecule has 1 N–H and O–H groups in total. The lowest BCUT2D eigenvalue weighted by Crippen LogP contribution is -2.44. The summed E-state index contributed by atoms with van der Waals surface area (Å²) in [6.07, 6.45) is -1.85. The maximum absolute atomic E-state index is 10.8. The average Bonchev–Trinajstić information content (AvgIpc) is 3.07. The zero-order valence-corrected chi connectivity index (χ0v) is 16.5. The summed E-state index contributed by atoms with van der Waals surface area (Å²) < 4.78 is 28.5. The fraction of sp³-hybridized carbons (Fsp3) is 0.455. The molecule has 0 bridgehead atoms. The molecule has 0 unspecified atom stereocenters. The molecule has 152 valence electrons. The smallest absolute Gasteiger partial charge is 0.163 e. The van der Waals surface area contributed by atoms with E-state index in [9.17, 15) is 5.11 Å². The van der Waals surface area contributed by atoms with Gasteiger partial charge in [-0.25, -0.2) is 0 Å². The quantitative estimate of drug-likeness (QED) is 0.712. The van der Waals surface area contributed by atoms with Crippen LogP contribution in [-0.4, -0.2) is 49.5 Å². The number of benzene rings is 2. The standard InChI is InChI=1S/C22H28O6/c1-22(2)27-15-20(28-22)21(26-13-16-7-5-4-6-8-16)19(23)14-25-18-11-9-17(24-3)10-12-18/h4-12,19-21,23H,13-15H2,1-3H3/t19-,20+,21+/m1/s1. The minimum atomic E-state index is -0.881. The van der Waals surface area contributed by atoms with E-state index in [1.54, 1.807) is 19.2 Å². The Bertz CT molecular complexity index is 716. The molecule has 0 aliphatic carbocycles. The van der Waals surface area contributed by atoms with E-state index in [0.717, 1.165) is 11.3 Å². The van der Waals surface area contributed by atoms with Gasteiger partial charge in [0.2, 0.25) is 0 Å². The molecule has 2 aromatic carbocycles. The SMILES string of the molecule is COc1ccc(OC[C@@H](O)[C@H](OCc2ccccc2)[C@@H]2COC(C)(C)O2)cc1. The molecule has 0 aromatic heterocycles. The van der Waals surface area contributed by atoms with Gasteiger partial charge in [-0.15, -0.1) is 0 Å². The predicted molar refractivity (Wildman–Crippen MR) is 104 cm³/mol. The number of aliphatic hydroxyl groups is 1. The Morgan fingerprint density at radius 3 is 2.36 bits per heavy atom. The van der Waals surface area contributed by atoms with Gasteiger partial charge in [-0.1, -0.05) is 30.3 Å². The van der Waals surface area contributed by atoms with Crippen molar-refractivity contribution < 1.29 is 28.8 Å². The third-order valence-corrected chi connectivity index (χ3v) is 4.54. The molecular formula is C22H28O6. The minimum Gasteiger partial charge on any atom is -0.497 e. The zero-order valence-electron chi connectivity index (χ0n) is 16.5. The molecule has 0 amide bonds. The van der Waals surface area contributed by atoms with Crippen molar-refractivity contribution in [2.24, 2.45) is 0 Å². The molecule has 3 rings (SSSR count). The molecular weight excluding hydrogens is 360 g/mol. The Morgan fingerprint density at radius 2 is 1.75 bits per heavy atom. The lowest BCUT2D eigenvalue weighted by atomic mass is 10.1. The van der Waals surface area contributed by atoms with Crippen molar-refractivity contribution in [3.63, 3.8) is 0 Å². The second-order valence-electron chi connectivity index (χ2n) is 7.18. The van der Waals surface area contributed by atoms with E-state index in [-0.39, 0.29) is 12.7 Å². The summed E-state index contributed by atoms with van der Waals surface area (Å²) in [4.78, 5) is 0. The number of hydrogen-bond donors (Lipinski definition) is 1. The summed E-state index contributed by atoms with van der Waals surface area (Å²) in [7, 11) is 1.61. The third-order valence-electron chi connectivity index (χ3n) is 4.54. The molecule has 1 fully saturated rings. The van der Waals surface area contributed by atoms with Gasteiger partial charge in [-0.05, 0) is 43.7 Å². The topological polar surface area (TPSA) is 66.4 Å². The average molecular weight is 388 g/mol. The van der Waals surface area contributed by atoms with Crippen LogP contribution < -0.4 is 9.47 Å². The van der Waals surface area contributed by atoms with Gasteiger partial charge in [-0.2, -0.15) is 0 Å². The van der Waals surface area contributed by atoms with Crippen LogP contribution in [-0.2, 0) is 20.8 Å². The van der Waals surface area contributed by atoms with Gasteiger partial charge >= 0.3 is 0 Å². The Kier molecular flexibility index (Phi) is 6.91. The summed E-state index contributed by atoms with van der Waals surface area (Å²) in [5, 5.41) is 10.8. The summed E-state index contributed by atoms with van der Waals surface area (Å²) in [5.74, 6) is 0.691. The van der Waals surface area contributed by atoms with Crippen molar-refractivity contribution in [3.05, 3.63) is 60.2 Å². The van der Waals surface area contributed by atoms with Gasteiger partial charge in [0, 0.05) is 0 Å². The number of methoxy groups -OCH3 is 1. The molecule has 28 heavy (non-hydrogen) atoms. The highest BCUT2D eigenvalue weighted by molar-refractivity contribution is 5.31. The molecule has 6 heteroatoms. The molecule has 1 heterocycles. The van der Waals surface area contributed by atoms with Crippen LogP contribution in [0.1, 0.15) is 19.4 Å². The zero-order chi connectivity index (χ0) is 20.0. The summed E-state index contributed by atoms with van der Waals surface area (Å²) in [6.45, 7) is 4.49. The van der Waals surface area contributed by atoms with Crippen LogP contribution in [0.3, 0.4) is 0 Å². The summed E-state index contributed by atoms with van der Waals surface area (Å²) in [6, 6.07) is 17.0. The van der Waals surface area contributed by atoms with Crippen LogP contribution in [0.5, 0.6) is 11.5 Å². The van der Waals surface area contributed by atoms with E-state index in [2.05, 4.69) is 0 Å². The van der Waals surface area contributed by atoms with Crippen LogP contribution in [0.15, 0.2) is 54.6 Å². The van der Waals surface area contributed by atoms with Crippen LogP contribution in [0.2, 0.25) is 0 Å². The lowest BCUT2D eigenvalue weighted by Gasteiger charge is -2.28. The number of hydrogen-bond acceptors (Lipinski definition) is 6. The monoisotopic (exact) mass is 388 g/mol. The summed E-state index contributed by atoms with van der Waals surface area (Å²) in [5.41, 5.74) is 1.02. The van der Waals surface area contributed by atoms with E-state index in [1.165, 1.54) is 0 Å². The molecule has 2 aromatic rings. The van der Waals surface area contributed by atoms with Gasteiger partial charge < -0.3 is 28.8 Å². The maximum Gasteiger partial charge on any atom is 0.163 e. The normalized spacial score (nSPS) is 20.5. The lowest BCUT2D eigenvalue weighted by molar-refractivity contribution is -0.174. The van der Waals surface area contributed by atoms with Crippen molar-refractivity contribution in [3.8, 4) is 11.5 Å². The van der Waals surface area contributed by atoms with Crippen molar-refractivity contribution >= 4 is 0 Å². The van der Waals surface area contributed by atoms with Crippen molar-refractivity contribution in [1.82, 2.24) is 0 Å². The Hall–Kier alpha value is -2.12. The first-order chi connectivity index (χ1) is 13.5. The Morgan fingerprint density at radius 1 is 1.07 bits per heavy atom. The summed E-state index contributed by atoms with van der Waals surface area (Å²) >= 11 is 0. The Labute approximate surface area is 165 Å². The first-order valence-electron chi connectivity index (χ1n) is 9.39. The molecule has 6 nitrogen and oxygen atoms in total. The fourth-order valence-corrected chi connectivity index (χ4v) is 3.06. The second kappa shape index (κ2) is 9.39. The fourth-order valence-electron chi connectivity index (χ4n) is 3.06. The molecule has 0 radical (unpaired) electrons. The van der Waals surface area contributed by atoms with Crippen molar-refractivity contribution in [2.75, 3.05) is 20.3 Å². The third kappa shape index (κ3) is 5.69. The van der Waals surface area contributed by atoms with Gasteiger partial charge in [-0.3, -0.25) is 0 Å². The van der Waals surface area contributed by atoms with Crippen LogP contribution >= 0.6 is 0 Å². The van der Waals surface area contributed by atoms with E-state index < -0.39 is 18.0 Å². The van der Waals surface area contributed by atoms with E-state index in [4.69, 9.17) is 23.7 Å².